The van der Waals surface area contributed by atoms with Gasteiger partial charge >= 0.3 is 0 Å². The van der Waals surface area contributed by atoms with E-state index in [9.17, 15) is 0 Å². The Bertz CT molecular complexity index is 1280. The van der Waals surface area contributed by atoms with Crippen molar-refractivity contribution in [2.45, 2.75) is 27.7 Å². The van der Waals surface area contributed by atoms with E-state index in [0.717, 1.165) is 26.2 Å². The normalized spacial score (nSPS) is 15.7. The van der Waals surface area contributed by atoms with Crippen LogP contribution in [0.25, 0.3) is 0 Å². The van der Waals surface area contributed by atoms with Crippen LogP contribution in [0.15, 0.2) is 109 Å². The van der Waals surface area contributed by atoms with Gasteiger partial charge in [0.05, 0.1) is 0 Å². The van der Waals surface area contributed by atoms with E-state index < -0.39 is 0 Å². The summed E-state index contributed by atoms with van der Waals surface area (Å²) >= 11 is 0. The van der Waals surface area contributed by atoms with E-state index in [1.807, 2.05) is 0 Å². The van der Waals surface area contributed by atoms with Gasteiger partial charge in [-0.05, 0) is 98.5 Å². The van der Waals surface area contributed by atoms with Crippen LogP contribution in [0, 0.1) is 27.7 Å². The topological polar surface area (TPSA) is 13.0 Å². The smallest absolute Gasteiger partial charge is 0.156 e. The van der Waals surface area contributed by atoms with Crippen LogP contribution in [0.4, 0.5) is 22.7 Å². The molecule has 0 N–H and O–H groups in total. The van der Waals surface area contributed by atoms with Crippen molar-refractivity contribution in [3.8, 4) is 0 Å². The Hall–Kier alpha value is -4.18. The van der Waals surface area contributed by atoms with Crippen molar-refractivity contribution < 1.29 is 0 Å². The van der Waals surface area contributed by atoms with Gasteiger partial charge < -0.3 is 19.6 Å². The summed E-state index contributed by atoms with van der Waals surface area (Å²) < 4.78 is 0. The number of anilines is 4. The SMILES string of the molecule is Cc1cccc(N2CCN(c3cccc(C)c3)C2=C2N(c3cccc(C)c3)CCN2c2cccc(C)c2)c1. The van der Waals surface area contributed by atoms with Crippen molar-refractivity contribution in [3.63, 3.8) is 0 Å². The third-order valence-electron chi connectivity index (χ3n) is 7.57. The molecule has 0 atom stereocenters. The van der Waals surface area contributed by atoms with E-state index in [4.69, 9.17) is 0 Å². The Morgan fingerprint density at radius 1 is 0.368 bits per heavy atom. The van der Waals surface area contributed by atoms with Crippen LogP contribution in [-0.2, 0) is 0 Å². The van der Waals surface area contributed by atoms with E-state index in [2.05, 4.69) is 144 Å². The number of nitrogens with zero attached hydrogens (tertiary/aromatic N) is 4. The molecule has 0 spiro atoms. The van der Waals surface area contributed by atoms with Gasteiger partial charge in [-0.3, -0.25) is 0 Å². The fraction of sp³-hybridized carbons (Fsp3) is 0.235. The zero-order valence-electron chi connectivity index (χ0n) is 22.9. The van der Waals surface area contributed by atoms with Crippen molar-refractivity contribution >= 4 is 22.7 Å². The average molecular weight is 501 g/mol. The van der Waals surface area contributed by atoms with Gasteiger partial charge in [-0.25, -0.2) is 0 Å². The predicted molar refractivity (Wildman–Crippen MR) is 161 cm³/mol. The molecule has 2 saturated heterocycles. The van der Waals surface area contributed by atoms with Gasteiger partial charge in [-0.2, -0.15) is 0 Å². The van der Waals surface area contributed by atoms with Crippen LogP contribution in [0.3, 0.4) is 0 Å². The monoisotopic (exact) mass is 500 g/mol. The molecule has 6 rings (SSSR count). The van der Waals surface area contributed by atoms with Crippen LogP contribution in [0.5, 0.6) is 0 Å². The van der Waals surface area contributed by atoms with Gasteiger partial charge in [0, 0.05) is 48.9 Å². The van der Waals surface area contributed by atoms with Crippen LogP contribution >= 0.6 is 0 Å². The van der Waals surface area contributed by atoms with E-state index in [1.165, 1.54) is 56.6 Å². The minimum atomic E-state index is 0.930. The lowest BCUT2D eigenvalue weighted by molar-refractivity contribution is 0.964. The molecule has 192 valence electrons. The number of benzene rings is 4. The van der Waals surface area contributed by atoms with Crippen molar-refractivity contribution in [1.82, 2.24) is 0 Å². The first-order chi connectivity index (χ1) is 18.5. The van der Waals surface area contributed by atoms with Gasteiger partial charge in [0.15, 0.2) is 11.6 Å². The molecule has 0 aromatic heterocycles. The van der Waals surface area contributed by atoms with Crippen LogP contribution in [-0.4, -0.2) is 26.2 Å². The van der Waals surface area contributed by atoms with E-state index in [1.54, 1.807) is 0 Å². The van der Waals surface area contributed by atoms with Gasteiger partial charge in [0.1, 0.15) is 0 Å². The maximum Gasteiger partial charge on any atom is 0.156 e. The molecule has 2 heterocycles. The highest BCUT2D eigenvalue weighted by atomic mass is 15.5. The Kier molecular flexibility index (Phi) is 6.32. The lowest BCUT2D eigenvalue weighted by Gasteiger charge is -2.34. The summed E-state index contributed by atoms with van der Waals surface area (Å²) in [6.45, 7) is 12.4. The van der Waals surface area contributed by atoms with Crippen molar-refractivity contribution in [2.75, 3.05) is 45.8 Å². The average Bonchev–Trinajstić information content (AvgIpc) is 3.53. The van der Waals surface area contributed by atoms with Gasteiger partial charge in [-0.15, -0.1) is 0 Å². The quantitative estimate of drug-likeness (QED) is 0.289. The first-order valence-corrected chi connectivity index (χ1v) is 13.6. The molecule has 2 aliphatic rings. The first-order valence-electron chi connectivity index (χ1n) is 13.6. The Morgan fingerprint density at radius 3 is 0.816 bits per heavy atom. The second-order valence-electron chi connectivity index (χ2n) is 10.6. The summed E-state index contributed by atoms with van der Waals surface area (Å²) in [6.07, 6.45) is 0. The number of hydrogen-bond donors (Lipinski definition) is 0. The molecule has 0 unspecified atom stereocenters. The van der Waals surface area contributed by atoms with E-state index >= 15 is 0 Å². The number of rotatable bonds is 4. The second kappa shape index (κ2) is 9.94. The highest BCUT2D eigenvalue weighted by molar-refractivity contribution is 5.74. The molecule has 38 heavy (non-hydrogen) atoms. The van der Waals surface area contributed by atoms with Crippen LogP contribution < -0.4 is 19.6 Å². The highest BCUT2D eigenvalue weighted by Gasteiger charge is 2.38. The fourth-order valence-corrected chi connectivity index (χ4v) is 5.79. The van der Waals surface area contributed by atoms with Crippen molar-refractivity contribution in [1.29, 1.82) is 0 Å². The van der Waals surface area contributed by atoms with Crippen LogP contribution in [0.2, 0.25) is 0 Å². The summed E-state index contributed by atoms with van der Waals surface area (Å²) in [6, 6.07) is 35.6. The minimum absolute atomic E-state index is 0.930. The Morgan fingerprint density at radius 2 is 0.605 bits per heavy atom. The lowest BCUT2D eigenvalue weighted by atomic mass is 10.2. The molecule has 4 aromatic carbocycles. The van der Waals surface area contributed by atoms with E-state index in [0.29, 0.717) is 0 Å². The summed E-state index contributed by atoms with van der Waals surface area (Å²) in [4.78, 5) is 10.1. The van der Waals surface area contributed by atoms with Crippen molar-refractivity contribution in [3.05, 3.63) is 131 Å². The van der Waals surface area contributed by atoms with Gasteiger partial charge in [0.2, 0.25) is 0 Å². The molecule has 0 bridgehead atoms. The second-order valence-corrected chi connectivity index (χ2v) is 10.6. The molecule has 0 saturated carbocycles. The molecule has 0 radical (unpaired) electrons. The third-order valence-corrected chi connectivity index (χ3v) is 7.57. The molecule has 4 heteroatoms. The summed E-state index contributed by atoms with van der Waals surface area (Å²) in [5, 5.41) is 0. The first kappa shape index (κ1) is 24.2. The molecule has 0 amide bonds. The maximum atomic E-state index is 2.52. The molecular formula is C34H36N4. The third kappa shape index (κ3) is 4.51. The largest absolute Gasteiger partial charge is 0.323 e. The predicted octanol–water partition coefficient (Wildman–Crippen LogP) is 7.40. The zero-order chi connectivity index (χ0) is 26.2. The fourth-order valence-electron chi connectivity index (χ4n) is 5.79. The lowest BCUT2D eigenvalue weighted by Crippen LogP contribution is -2.34. The van der Waals surface area contributed by atoms with Gasteiger partial charge in [-0.1, -0.05) is 48.5 Å². The molecular weight excluding hydrogens is 464 g/mol. The minimum Gasteiger partial charge on any atom is -0.323 e. The number of hydrogen-bond acceptors (Lipinski definition) is 4. The Balaban J connectivity index is 1.61. The van der Waals surface area contributed by atoms with Crippen LogP contribution in [0.1, 0.15) is 22.3 Å². The van der Waals surface area contributed by atoms with E-state index in [-0.39, 0.29) is 0 Å². The number of aryl methyl sites for hydroxylation is 4. The Labute approximate surface area is 227 Å². The zero-order valence-corrected chi connectivity index (χ0v) is 22.9. The molecule has 0 aliphatic carbocycles. The maximum absolute atomic E-state index is 2.52. The molecule has 4 aromatic rings. The van der Waals surface area contributed by atoms with Crippen molar-refractivity contribution in [2.24, 2.45) is 0 Å². The van der Waals surface area contributed by atoms with Gasteiger partial charge in [0.25, 0.3) is 0 Å². The summed E-state index contributed by atoms with van der Waals surface area (Å²) in [5.41, 5.74) is 10.1. The highest BCUT2D eigenvalue weighted by Crippen LogP contribution is 2.40. The molecule has 4 nitrogen and oxygen atoms in total. The standard InChI is InChI=1S/C34H36N4/c1-25-9-5-13-29(21-25)35-17-18-36(30-14-6-10-26(2)22-30)33(35)34-37(31-15-7-11-27(3)23-31)19-20-38(34)32-16-8-12-28(4)24-32/h5-16,21-24H,17-20H2,1-4H3. The summed E-state index contributed by atoms with van der Waals surface area (Å²) in [7, 11) is 0. The molecule has 2 aliphatic heterocycles. The summed E-state index contributed by atoms with van der Waals surface area (Å²) in [5.74, 6) is 2.48. The molecule has 2 fully saturated rings.